The molecule has 0 spiro atoms. The van der Waals surface area contributed by atoms with Crippen molar-refractivity contribution in [2.75, 3.05) is 41.8 Å². The number of carbonyl (C=O) groups is 1. The monoisotopic (exact) mass is 478 g/mol. The van der Waals surface area contributed by atoms with Crippen LogP contribution in [0, 0.1) is 5.92 Å². The zero-order chi connectivity index (χ0) is 21.6. The summed E-state index contributed by atoms with van der Waals surface area (Å²) in [4.78, 5) is 19.7. The van der Waals surface area contributed by atoms with Gasteiger partial charge in [-0.25, -0.2) is 4.98 Å². The maximum absolute atomic E-state index is 12.9. The van der Waals surface area contributed by atoms with Gasteiger partial charge in [0.05, 0.1) is 10.6 Å². The van der Waals surface area contributed by atoms with Crippen molar-refractivity contribution >= 4 is 52.4 Å². The minimum Gasteiger partial charge on any atom is -0.384 e. The van der Waals surface area contributed by atoms with Crippen molar-refractivity contribution in [2.45, 2.75) is 31.7 Å². The molecule has 2 aromatic rings. The number of nitrogens with zero attached hydrogens (tertiary/aromatic N) is 2. The zero-order valence-electron chi connectivity index (χ0n) is 17.4. The van der Waals surface area contributed by atoms with Crippen LogP contribution in [-0.2, 0) is 0 Å². The van der Waals surface area contributed by atoms with Crippen molar-refractivity contribution in [1.29, 1.82) is 0 Å². The van der Waals surface area contributed by atoms with Gasteiger partial charge in [0, 0.05) is 29.5 Å². The Balaban J connectivity index is 1.33. The predicted molar refractivity (Wildman–Crippen MR) is 132 cm³/mol. The van der Waals surface area contributed by atoms with Gasteiger partial charge in [0.15, 0.2) is 0 Å². The summed E-state index contributed by atoms with van der Waals surface area (Å²) in [6.07, 6.45) is 6.56. The Hall–Kier alpha value is -1.47. The number of benzene rings is 1. The average molecular weight is 479 g/mol. The molecule has 8 heteroatoms. The minimum atomic E-state index is -0.246. The van der Waals surface area contributed by atoms with E-state index in [1.54, 1.807) is 18.2 Å². The molecule has 31 heavy (non-hydrogen) atoms. The lowest BCUT2D eigenvalue weighted by molar-refractivity contribution is 0.102. The van der Waals surface area contributed by atoms with Crippen molar-refractivity contribution < 1.29 is 4.79 Å². The highest BCUT2D eigenvalue weighted by Gasteiger charge is 2.26. The van der Waals surface area contributed by atoms with Gasteiger partial charge in [-0.2, -0.15) is 11.8 Å². The van der Waals surface area contributed by atoms with E-state index in [9.17, 15) is 4.79 Å². The minimum absolute atomic E-state index is 0.246. The summed E-state index contributed by atoms with van der Waals surface area (Å²) in [7, 11) is 0. The van der Waals surface area contributed by atoms with E-state index in [1.807, 2.05) is 12.1 Å². The number of pyridine rings is 1. The maximum Gasteiger partial charge on any atom is 0.258 e. The normalized spacial score (nSPS) is 18.6. The summed E-state index contributed by atoms with van der Waals surface area (Å²) in [6.45, 7) is 3.21. The van der Waals surface area contributed by atoms with E-state index in [4.69, 9.17) is 23.2 Å². The number of hydrogen-bond donors (Lipinski definition) is 2. The van der Waals surface area contributed by atoms with Crippen LogP contribution >= 0.6 is 35.0 Å². The number of thioether (sulfide) groups is 1. The molecule has 4 rings (SSSR count). The van der Waals surface area contributed by atoms with Gasteiger partial charge in [0.25, 0.3) is 5.91 Å². The Morgan fingerprint density at radius 3 is 2.52 bits per heavy atom. The number of amides is 1. The van der Waals surface area contributed by atoms with E-state index in [-0.39, 0.29) is 5.91 Å². The quantitative estimate of drug-likeness (QED) is 0.560. The second kappa shape index (κ2) is 10.9. The molecule has 2 saturated heterocycles. The summed E-state index contributed by atoms with van der Waals surface area (Å²) in [6, 6.07) is 9.53. The molecule has 2 N–H and O–H groups in total. The highest BCUT2D eigenvalue weighted by atomic mass is 35.5. The Kier molecular flexibility index (Phi) is 7.99. The molecule has 0 unspecified atom stereocenters. The topological polar surface area (TPSA) is 57.3 Å². The molecule has 0 radical (unpaired) electrons. The average Bonchev–Trinajstić information content (AvgIpc) is 2.80. The summed E-state index contributed by atoms with van der Waals surface area (Å²) in [5, 5.41) is 7.37. The Bertz CT molecular complexity index is 882. The first-order valence-corrected chi connectivity index (χ1v) is 12.8. The largest absolute Gasteiger partial charge is 0.384 e. The lowest BCUT2D eigenvalue weighted by Crippen LogP contribution is -2.44. The molecule has 1 amide bonds. The summed E-state index contributed by atoms with van der Waals surface area (Å²) in [5.74, 6) is 3.43. The highest BCUT2D eigenvalue weighted by Crippen LogP contribution is 2.28. The molecule has 166 valence electrons. The Labute approximate surface area is 198 Å². The number of halogens is 2. The number of anilines is 2. The standard InChI is InChI=1S/C23H28Cl2N4OS/c24-17-1-3-21(20(13-17)23(30)28-22-4-2-18(25)15-27-22)26-14-16-5-9-29(10-6-16)19-7-11-31-12-8-19/h1-4,13,15-16,19,26H,5-12,14H2,(H,27,28,30). The van der Waals surface area contributed by atoms with E-state index in [0.717, 1.165) is 18.3 Å². The molecule has 0 aliphatic carbocycles. The third-order valence-corrected chi connectivity index (χ3v) is 7.64. The van der Waals surface area contributed by atoms with Crippen LogP contribution in [-0.4, -0.2) is 53.0 Å². The molecule has 0 atom stereocenters. The van der Waals surface area contributed by atoms with Crippen LogP contribution in [0.4, 0.5) is 11.5 Å². The van der Waals surface area contributed by atoms with Gasteiger partial charge in [-0.05, 0) is 86.5 Å². The number of aromatic nitrogens is 1. The van der Waals surface area contributed by atoms with Crippen LogP contribution in [0.2, 0.25) is 10.0 Å². The van der Waals surface area contributed by atoms with Crippen molar-refractivity contribution in [3.8, 4) is 0 Å². The van der Waals surface area contributed by atoms with Crippen LogP contribution in [0.5, 0.6) is 0 Å². The Morgan fingerprint density at radius 1 is 1.06 bits per heavy atom. The van der Waals surface area contributed by atoms with Gasteiger partial charge in [0.1, 0.15) is 5.82 Å². The SMILES string of the molecule is O=C(Nc1ccc(Cl)cn1)c1cc(Cl)ccc1NCC1CCN(C2CCSCC2)CC1. The number of nitrogens with one attached hydrogen (secondary N) is 2. The molecule has 2 aliphatic rings. The summed E-state index contributed by atoms with van der Waals surface area (Å²) < 4.78 is 0. The molecule has 0 bridgehead atoms. The van der Waals surface area contributed by atoms with Crippen molar-refractivity contribution in [2.24, 2.45) is 5.92 Å². The van der Waals surface area contributed by atoms with Crippen LogP contribution in [0.15, 0.2) is 36.5 Å². The van der Waals surface area contributed by atoms with Crippen molar-refractivity contribution in [3.63, 3.8) is 0 Å². The third kappa shape index (κ3) is 6.28. The van der Waals surface area contributed by atoms with Crippen LogP contribution < -0.4 is 10.6 Å². The van der Waals surface area contributed by atoms with Crippen LogP contribution in [0.1, 0.15) is 36.0 Å². The van der Waals surface area contributed by atoms with Gasteiger partial charge in [-0.3, -0.25) is 4.79 Å². The lowest BCUT2D eigenvalue weighted by Gasteiger charge is -2.39. The molecular formula is C23H28Cl2N4OS. The van der Waals surface area contributed by atoms with E-state index in [2.05, 4.69) is 32.3 Å². The third-order valence-electron chi connectivity index (χ3n) is 6.13. The fraction of sp³-hybridized carbons (Fsp3) is 0.478. The maximum atomic E-state index is 12.9. The second-order valence-electron chi connectivity index (χ2n) is 8.21. The number of piperidine rings is 1. The fourth-order valence-corrected chi connectivity index (χ4v) is 5.68. The summed E-state index contributed by atoms with van der Waals surface area (Å²) in [5.41, 5.74) is 1.31. The van der Waals surface area contributed by atoms with Gasteiger partial charge in [-0.1, -0.05) is 23.2 Å². The lowest BCUT2D eigenvalue weighted by atomic mass is 9.94. The van der Waals surface area contributed by atoms with Gasteiger partial charge in [0.2, 0.25) is 0 Å². The van der Waals surface area contributed by atoms with Gasteiger partial charge >= 0.3 is 0 Å². The number of hydrogen-bond acceptors (Lipinski definition) is 5. The van der Waals surface area contributed by atoms with Gasteiger partial charge < -0.3 is 15.5 Å². The van der Waals surface area contributed by atoms with E-state index in [1.165, 1.54) is 56.5 Å². The fourth-order valence-electron chi connectivity index (χ4n) is 4.32. The molecule has 1 aromatic heterocycles. The van der Waals surface area contributed by atoms with Crippen molar-refractivity contribution in [3.05, 3.63) is 52.1 Å². The van der Waals surface area contributed by atoms with Gasteiger partial charge in [-0.15, -0.1) is 0 Å². The first-order chi connectivity index (χ1) is 15.1. The molecule has 5 nitrogen and oxygen atoms in total. The zero-order valence-corrected chi connectivity index (χ0v) is 19.8. The van der Waals surface area contributed by atoms with Crippen LogP contribution in [0.3, 0.4) is 0 Å². The Morgan fingerprint density at radius 2 is 1.81 bits per heavy atom. The van der Waals surface area contributed by atoms with Crippen molar-refractivity contribution in [1.82, 2.24) is 9.88 Å². The molecule has 2 aliphatic heterocycles. The smallest absolute Gasteiger partial charge is 0.258 e. The first kappa shape index (κ1) is 22.7. The van der Waals surface area contributed by atoms with E-state index >= 15 is 0 Å². The number of carbonyl (C=O) groups excluding carboxylic acids is 1. The molecular weight excluding hydrogens is 451 g/mol. The first-order valence-electron chi connectivity index (χ1n) is 10.9. The number of rotatable bonds is 6. The van der Waals surface area contributed by atoms with Crippen LogP contribution in [0.25, 0.3) is 0 Å². The second-order valence-corrected chi connectivity index (χ2v) is 10.3. The highest BCUT2D eigenvalue weighted by molar-refractivity contribution is 7.99. The summed E-state index contributed by atoms with van der Waals surface area (Å²) >= 11 is 14.1. The number of likely N-dealkylation sites (tertiary alicyclic amines) is 1. The molecule has 0 saturated carbocycles. The molecule has 1 aromatic carbocycles. The molecule has 3 heterocycles. The van der Waals surface area contributed by atoms with E-state index in [0.29, 0.717) is 27.3 Å². The molecule has 2 fully saturated rings. The predicted octanol–water partition coefficient (Wildman–Crippen LogP) is 5.66. The van der Waals surface area contributed by atoms with E-state index < -0.39 is 0 Å².